The number of carbonyl (C=O) groups excluding carboxylic acids is 1. The zero-order valence-corrected chi connectivity index (χ0v) is 16.1. The van der Waals surface area contributed by atoms with Crippen molar-refractivity contribution < 1.29 is 18.7 Å². The van der Waals surface area contributed by atoms with Crippen molar-refractivity contribution in [3.05, 3.63) is 52.5 Å². The number of nitrogens with zero attached hydrogens (tertiary/aromatic N) is 1. The van der Waals surface area contributed by atoms with E-state index in [2.05, 4.69) is 5.32 Å². The molecule has 29 heavy (non-hydrogen) atoms. The smallest absolute Gasteiger partial charge is 0.419 e. The minimum atomic E-state index is -0.420. The summed E-state index contributed by atoms with van der Waals surface area (Å²) in [4.78, 5) is 24.4. The normalized spacial score (nSPS) is 16.6. The summed E-state index contributed by atoms with van der Waals surface area (Å²) in [6, 6.07) is 11.2. The molecule has 150 valence electrons. The fourth-order valence-corrected chi connectivity index (χ4v) is 3.97. The maximum absolute atomic E-state index is 12.8. The predicted octanol–water partition coefficient (Wildman–Crippen LogP) is 3.43. The Morgan fingerprint density at radius 2 is 1.93 bits per heavy atom. The molecule has 5 rings (SSSR count). The Hall–Kier alpha value is -3.22. The lowest BCUT2D eigenvalue weighted by atomic mass is 9.90. The monoisotopic (exact) mass is 394 g/mol. The Bertz CT molecular complexity index is 1140. The zero-order valence-electron chi connectivity index (χ0n) is 16.1. The van der Waals surface area contributed by atoms with Gasteiger partial charge in [0.25, 0.3) is 0 Å². The Morgan fingerprint density at radius 3 is 2.72 bits per heavy atom. The second-order valence-electron chi connectivity index (χ2n) is 7.71. The SMILES string of the molecule is Cn1c(=O)oc2cc(NC(=O)CC(c3ccc4c(c3)OCCO4)C3CC3)ccc21. The molecule has 3 aromatic rings. The highest BCUT2D eigenvalue weighted by Gasteiger charge is 2.34. The lowest BCUT2D eigenvalue weighted by molar-refractivity contribution is -0.116. The first-order chi connectivity index (χ1) is 14.1. The Kier molecular flexibility index (Phi) is 4.30. The topological polar surface area (TPSA) is 82.7 Å². The summed E-state index contributed by atoms with van der Waals surface area (Å²) in [5.74, 6) is 1.69. The molecule has 0 spiro atoms. The van der Waals surface area contributed by atoms with Crippen LogP contribution in [0.3, 0.4) is 0 Å². The van der Waals surface area contributed by atoms with Crippen molar-refractivity contribution in [1.29, 1.82) is 0 Å². The number of amides is 1. The number of fused-ring (bicyclic) bond motifs is 2. The minimum Gasteiger partial charge on any atom is -0.486 e. The molecule has 7 nitrogen and oxygen atoms in total. The third kappa shape index (κ3) is 3.48. The number of carbonyl (C=O) groups is 1. The van der Waals surface area contributed by atoms with Crippen molar-refractivity contribution in [2.45, 2.75) is 25.2 Å². The number of nitrogens with one attached hydrogen (secondary N) is 1. The molecule has 1 aliphatic carbocycles. The molecule has 2 aliphatic rings. The standard InChI is InChI=1S/C22H22N2O5/c1-24-17-6-5-15(11-19(17)29-22(24)26)23-21(25)12-16(13-2-3-13)14-4-7-18-20(10-14)28-9-8-27-18/h4-7,10-11,13,16H,2-3,8-9,12H2,1H3,(H,23,25). The minimum absolute atomic E-state index is 0.0607. The van der Waals surface area contributed by atoms with Gasteiger partial charge in [0.2, 0.25) is 5.91 Å². The number of hydrogen-bond donors (Lipinski definition) is 1. The molecule has 7 heteroatoms. The molecule has 0 bridgehead atoms. The number of oxazole rings is 1. The molecule has 1 amide bonds. The predicted molar refractivity (Wildman–Crippen MR) is 108 cm³/mol. The zero-order chi connectivity index (χ0) is 20.0. The van der Waals surface area contributed by atoms with Crippen molar-refractivity contribution in [3.63, 3.8) is 0 Å². The van der Waals surface area contributed by atoms with E-state index in [1.165, 1.54) is 4.57 Å². The maximum Gasteiger partial charge on any atom is 0.419 e. The van der Waals surface area contributed by atoms with Gasteiger partial charge in [0.1, 0.15) is 13.2 Å². The quantitative estimate of drug-likeness (QED) is 0.717. The van der Waals surface area contributed by atoms with Crippen LogP contribution in [0.2, 0.25) is 0 Å². The van der Waals surface area contributed by atoms with Gasteiger partial charge in [-0.05, 0) is 54.5 Å². The number of aromatic nitrogens is 1. The van der Waals surface area contributed by atoms with Crippen LogP contribution in [-0.4, -0.2) is 23.7 Å². The molecule has 1 unspecified atom stereocenters. The molecular formula is C22H22N2O5. The van der Waals surface area contributed by atoms with Crippen molar-refractivity contribution >= 4 is 22.7 Å². The van der Waals surface area contributed by atoms with Crippen LogP contribution in [0.4, 0.5) is 5.69 Å². The third-order valence-electron chi connectivity index (χ3n) is 5.67. The highest BCUT2D eigenvalue weighted by atomic mass is 16.6. The van der Waals surface area contributed by atoms with Crippen LogP contribution in [0.25, 0.3) is 11.1 Å². The Labute approximate surface area is 167 Å². The van der Waals surface area contributed by atoms with Crippen LogP contribution < -0.4 is 20.5 Å². The van der Waals surface area contributed by atoms with E-state index in [0.29, 0.717) is 42.3 Å². The number of anilines is 1. The molecule has 0 saturated heterocycles. The molecule has 0 radical (unpaired) electrons. The van der Waals surface area contributed by atoms with Crippen LogP contribution in [0.5, 0.6) is 11.5 Å². The van der Waals surface area contributed by atoms with E-state index in [1.54, 1.807) is 25.2 Å². The Balaban J connectivity index is 1.33. The maximum atomic E-state index is 12.8. The van der Waals surface area contributed by atoms with Crippen LogP contribution in [-0.2, 0) is 11.8 Å². The van der Waals surface area contributed by atoms with Crippen LogP contribution in [0, 0.1) is 5.92 Å². The van der Waals surface area contributed by atoms with Crippen LogP contribution in [0.15, 0.2) is 45.6 Å². The first kappa shape index (κ1) is 17.8. The molecule has 1 saturated carbocycles. The van der Waals surface area contributed by atoms with Gasteiger partial charge in [-0.3, -0.25) is 9.36 Å². The molecule has 1 aromatic heterocycles. The molecule has 2 aromatic carbocycles. The molecular weight excluding hydrogens is 372 g/mol. The lowest BCUT2D eigenvalue weighted by Gasteiger charge is -2.22. The van der Waals surface area contributed by atoms with E-state index in [9.17, 15) is 9.59 Å². The summed E-state index contributed by atoms with van der Waals surface area (Å²) in [5.41, 5.74) is 2.88. The largest absolute Gasteiger partial charge is 0.486 e. The average molecular weight is 394 g/mol. The number of rotatable bonds is 5. The van der Waals surface area contributed by atoms with Crippen molar-refractivity contribution in [1.82, 2.24) is 4.57 Å². The van der Waals surface area contributed by atoms with Gasteiger partial charge in [0.05, 0.1) is 5.52 Å². The summed E-state index contributed by atoms with van der Waals surface area (Å²) in [6.45, 7) is 1.11. The molecule has 1 N–H and O–H groups in total. The Morgan fingerprint density at radius 1 is 1.14 bits per heavy atom. The summed E-state index contributed by atoms with van der Waals surface area (Å²) >= 11 is 0. The van der Waals surface area contributed by atoms with Gasteiger partial charge in [-0.15, -0.1) is 0 Å². The van der Waals surface area contributed by atoms with Gasteiger partial charge >= 0.3 is 5.76 Å². The summed E-state index contributed by atoms with van der Waals surface area (Å²) in [6.07, 6.45) is 2.65. The molecule has 2 heterocycles. The van der Waals surface area contributed by atoms with Gasteiger partial charge in [0, 0.05) is 25.2 Å². The van der Waals surface area contributed by atoms with Crippen LogP contribution in [0.1, 0.15) is 30.7 Å². The fourth-order valence-electron chi connectivity index (χ4n) is 3.97. The van der Waals surface area contributed by atoms with Crippen molar-refractivity contribution in [2.24, 2.45) is 13.0 Å². The van der Waals surface area contributed by atoms with Crippen LogP contribution >= 0.6 is 0 Å². The molecule has 1 aliphatic heterocycles. The highest BCUT2D eigenvalue weighted by Crippen LogP contribution is 2.46. The fraction of sp³-hybridized carbons (Fsp3) is 0.364. The first-order valence-electron chi connectivity index (χ1n) is 9.87. The third-order valence-corrected chi connectivity index (χ3v) is 5.67. The van der Waals surface area contributed by atoms with Gasteiger partial charge in [-0.2, -0.15) is 0 Å². The number of hydrogen-bond acceptors (Lipinski definition) is 5. The second-order valence-corrected chi connectivity index (χ2v) is 7.71. The van der Waals surface area contributed by atoms with E-state index in [0.717, 1.165) is 29.9 Å². The number of ether oxygens (including phenoxy) is 2. The number of benzene rings is 2. The summed E-state index contributed by atoms with van der Waals surface area (Å²) in [7, 11) is 1.65. The van der Waals surface area contributed by atoms with E-state index >= 15 is 0 Å². The van der Waals surface area contributed by atoms with Crippen molar-refractivity contribution in [3.8, 4) is 11.5 Å². The van der Waals surface area contributed by atoms with Gasteiger partial charge < -0.3 is 19.2 Å². The van der Waals surface area contributed by atoms with Gasteiger partial charge in [-0.1, -0.05) is 6.07 Å². The molecule has 1 atom stereocenters. The van der Waals surface area contributed by atoms with Crippen molar-refractivity contribution in [2.75, 3.05) is 18.5 Å². The van der Waals surface area contributed by atoms with E-state index in [-0.39, 0.29) is 11.8 Å². The van der Waals surface area contributed by atoms with E-state index in [4.69, 9.17) is 13.9 Å². The summed E-state index contributed by atoms with van der Waals surface area (Å²) < 4.78 is 17.9. The van der Waals surface area contributed by atoms with Gasteiger partial charge in [0.15, 0.2) is 17.1 Å². The van der Waals surface area contributed by atoms with E-state index in [1.807, 2.05) is 18.2 Å². The summed E-state index contributed by atoms with van der Waals surface area (Å²) in [5, 5.41) is 2.94. The second kappa shape index (κ2) is 6.99. The number of aryl methyl sites for hydroxylation is 1. The molecule has 1 fully saturated rings. The highest BCUT2D eigenvalue weighted by molar-refractivity contribution is 5.93. The van der Waals surface area contributed by atoms with Gasteiger partial charge in [-0.25, -0.2) is 4.79 Å². The van der Waals surface area contributed by atoms with E-state index < -0.39 is 5.76 Å². The lowest BCUT2D eigenvalue weighted by Crippen LogP contribution is -2.18. The average Bonchev–Trinajstić information content (AvgIpc) is 3.52. The first-order valence-corrected chi connectivity index (χ1v) is 9.87.